The van der Waals surface area contributed by atoms with Crippen molar-refractivity contribution < 1.29 is 9.53 Å². The first kappa shape index (κ1) is 13.6. The van der Waals surface area contributed by atoms with E-state index >= 15 is 0 Å². The highest BCUT2D eigenvalue weighted by atomic mass is 35.5. The van der Waals surface area contributed by atoms with Gasteiger partial charge in [-0.05, 0) is 30.9 Å². The molecule has 1 fully saturated rings. The zero-order valence-corrected chi connectivity index (χ0v) is 11.3. The third-order valence-corrected chi connectivity index (χ3v) is 3.82. The summed E-state index contributed by atoms with van der Waals surface area (Å²) in [6.45, 7) is 0.844. The van der Waals surface area contributed by atoms with E-state index in [0.29, 0.717) is 23.1 Å². The van der Waals surface area contributed by atoms with Gasteiger partial charge in [-0.15, -0.1) is 0 Å². The van der Waals surface area contributed by atoms with E-state index in [0.717, 1.165) is 0 Å². The summed E-state index contributed by atoms with van der Waals surface area (Å²) in [5.74, 6) is 0.606. The van der Waals surface area contributed by atoms with Gasteiger partial charge in [-0.3, -0.25) is 4.79 Å². The average Bonchev–Trinajstić information content (AvgIpc) is 2.40. The van der Waals surface area contributed by atoms with Crippen molar-refractivity contribution >= 4 is 17.4 Å². The summed E-state index contributed by atoms with van der Waals surface area (Å²) in [6.07, 6.45) is 6.41. The standard InChI is InChI=1S/C15H19ClO2/c16-14-9-5-4-8-13(14)15(17)11-18-10-12-6-2-1-3-7-12/h4-5,8-9,12H,1-3,6-7,10-11H2. The predicted molar refractivity (Wildman–Crippen MR) is 73.2 cm³/mol. The van der Waals surface area contributed by atoms with Gasteiger partial charge in [-0.1, -0.05) is 43.0 Å². The summed E-state index contributed by atoms with van der Waals surface area (Å²) in [5, 5.41) is 0.503. The monoisotopic (exact) mass is 266 g/mol. The molecule has 0 bridgehead atoms. The third-order valence-electron chi connectivity index (χ3n) is 3.49. The second-order valence-electron chi connectivity index (χ2n) is 4.92. The number of ketones is 1. The van der Waals surface area contributed by atoms with Gasteiger partial charge in [0.15, 0.2) is 5.78 Å². The number of rotatable bonds is 5. The van der Waals surface area contributed by atoms with Gasteiger partial charge < -0.3 is 4.74 Å². The van der Waals surface area contributed by atoms with E-state index in [2.05, 4.69) is 0 Å². The van der Waals surface area contributed by atoms with Crippen LogP contribution in [0.25, 0.3) is 0 Å². The van der Waals surface area contributed by atoms with Crippen LogP contribution in [0.2, 0.25) is 5.02 Å². The number of hydrogen-bond donors (Lipinski definition) is 0. The molecule has 18 heavy (non-hydrogen) atoms. The van der Waals surface area contributed by atoms with Crippen molar-refractivity contribution in [3.05, 3.63) is 34.9 Å². The van der Waals surface area contributed by atoms with Gasteiger partial charge in [0.05, 0.1) is 11.6 Å². The molecule has 0 unspecified atom stereocenters. The lowest BCUT2D eigenvalue weighted by Crippen LogP contribution is -2.17. The first-order valence-electron chi connectivity index (χ1n) is 6.63. The maximum absolute atomic E-state index is 11.9. The van der Waals surface area contributed by atoms with Crippen LogP contribution in [0, 0.1) is 5.92 Å². The average molecular weight is 267 g/mol. The number of halogens is 1. The van der Waals surface area contributed by atoms with Crippen molar-refractivity contribution in [3.63, 3.8) is 0 Å². The number of Topliss-reactive ketones (excluding diaryl/α,β-unsaturated/α-hetero) is 1. The minimum atomic E-state index is -0.0311. The molecule has 0 saturated heterocycles. The topological polar surface area (TPSA) is 26.3 Å². The van der Waals surface area contributed by atoms with Gasteiger partial charge >= 0.3 is 0 Å². The van der Waals surface area contributed by atoms with Crippen molar-refractivity contribution in [2.45, 2.75) is 32.1 Å². The number of benzene rings is 1. The number of ether oxygens (including phenoxy) is 1. The van der Waals surface area contributed by atoms with Crippen molar-refractivity contribution in [2.75, 3.05) is 13.2 Å². The Morgan fingerprint density at radius 2 is 1.94 bits per heavy atom. The van der Waals surface area contributed by atoms with Crippen LogP contribution in [-0.4, -0.2) is 19.0 Å². The molecule has 0 aliphatic heterocycles. The molecule has 0 atom stereocenters. The van der Waals surface area contributed by atoms with Crippen molar-refractivity contribution in [1.29, 1.82) is 0 Å². The van der Waals surface area contributed by atoms with Gasteiger partial charge in [0.2, 0.25) is 0 Å². The van der Waals surface area contributed by atoms with Crippen LogP contribution in [-0.2, 0) is 4.74 Å². The fourth-order valence-electron chi connectivity index (χ4n) is 2.44. The van der Waals surface area contributed by atoms with Crippen LogP contribution in [0.1, 0.15) is 42.5 Å². The predicted octanol–water partition coefficient (Wildman–Crippen LogP) is 4.12. The summed E-state index contributed by atoms with van der Waals surface area (Å²) in [6, 6.07) is 7.12. The summed E-state index contributed by atoms with van der Waals surface area (Å²) in [4.78, 5) is 11.9. The Morgan fingerprint density at radius 3 is 2.67 bits per heavy atom. The smallest absolute Gasteiger partial charge is 0.189 e. The molecular weight excluding hydrogens is 248 g/mol. The Labute approximate surface area is 113 Å². The van der Waals surface area contributed by atoms with Crippen molar-refractivity contribution in [2.24, 2.45) is 5.92 Å². The molecule has 0 aromatic heterocycles. The molecule has 1 aromatic carbocycles. The van der Waals surface area contributed by atoms with Gasteiger partial charge in [-0.2, -0.15) is 0 Å². The maximum atomic E-state index is 11.9. The summed E-state index contributed by atoms with van der Waals surface area (Å²) in [7, 11) is 0. The minimum absolute atomic E-state index is 0.0311. The molecule has 98 valence electrons. The largest absolute Gasteiger partial charge is 0.373 e. The Morgan fingerprint density at radius 1 is 1.22 bits per heavy atom. The zero-order chi connectivity index (χ0) is 12.8. The van der Waals surface area contributed by atoms with Gasteiger partial charge in [-0.25, -0.2) is 0 Å². The van der Waals surface area contributed by atoms with E-state index in [-0.39, 0.29) is 12.4 Å². The Balaban J connectivity index is 1.76. The first-order valence-corrected chi connectivity index (χ1v) is 7.00. The van der Waals surface area contributed by atoms with Crippen LogP contribution >= 0.6 is 11.6 Å². The zero-order valence-electron chi connectivity index (χ0n) is 10.5. The second-order valence-corrected chi connectivity index (χ2v) is 5.33. The Bertz CT molecular complexity index is 397. The van der Waals surface area contributed by atoms with Crippen LogP contribution in [0.5, 0.6) is 0 Å². The van der Waals surface area contributed by atoms with Gasteiger partial charge in [0.1, 0.15) is 6.61 Å². The van der Waals surface area contributed by atoms with Crippen LogP contribution in [0.3, 0.4) is 0 Å². The summed E-state index contributed by atoms with van der Waals surface area (Å²) >= 11 is 5.97. The second kappa shape index (κ2) is 6.91. The SMILES string of the molecule is O=C(COCC1CCCCC1)c1ccccc1Cl. The molecule has 0 heterocycles. The number of hydrogen-bond acceptors (Lipinski definition) is 2. The lowest BCUT2D eigenvalue weighted by molar-refractivity contribution is 0.0629. The molecule has 1 aromatic rings. The molecule has 0 radical (unpaired) electrons. The van der Waals surface area contributed by atoms with E-state index < -0.39 is 0 Å². The number of carbonyl (C=O) groups excluding carboxylic acids is 1. The highest BCUT2D eigenvalue weighted by molar-refractivity contribution is 6.34. The van der Waals surface area contributed by atoms with Gasteiger partial charge in [0, 0.05) is 5.56 Å². The highest BCUT2D eigenvalue weighted by Gasteiger charge is 2.15. The molecular formula is C15H19ClO2. The van der Waals surface area contributed by atoms with Gasteiger partial charge in [0.25, 0.3) is 0 Å². The maximum Gasteiger partial charge on any atom is 0.189 e. The normalized spacial score (nSPS) is 16.7. The van der Waals surface area contributed by atoms with E-state index in [1.54, 1.807) is 12.1 Å². The van der Waals surface area contributed by atoms with E-state index in [9.17, 15) is 4.79 Å². The molecule has 0 spiro atoms. The Kier molecular flexibility index (Phi) is 5.21. The lowest BCUT2D eigenvalue weighted by Gasteiger charge is -2.21. The minimum Gasteiger partial charge on any atom is -0.373 e. The molecule has 2 nitrogen and oxygen atoms in total. The molecule has 1 aliphatic carbocycles. The van der Waals surface area contributed by atoms with Crippen molar-refractivity contribution in [1.82, 2.24) is 0 Å². The first-order chi connectivity index (χ1) is 8.77. The molecule has 1 aliphatic rings. The van der Waals surface area contributed by atoms with E-state index in [1.165, 1.54) is 32.1 Å². The fourth-order valence-corrected chi connectivity index (χ4v) is 2.68. The summed E-state index contributed by atoms with van der Waals surface area (Å²) in [5.41, 5.74) is 0.558. The van der Waals surface area contributed by atoms with Crippen LogP contribution < -0.4 is 0 Å². The molecule has 3 heteroatoms. The lowest BCUT2D eigenvalue weighted by atomic mass is 9.90. The third kappa shape index (κ3) is 3.82. The van der Waals surface area contributed by atoms with Crippen LogP contribution in [0.15, 0.2) is 24.3 Å². The molecule has 2 rings (SSSR count). The highest BCUT2D eigenvalue weighted by Crippen LogP contribution is 2.23. The van der Waals surface area contributed by atoms with E-state index in [4.69, 9.17) is 16.3 Å². The quantitative estimate of drug-likeness (QED) is 0.750. The fraction of sp³-hybridized carbons (Fsp3) is 0.533. The summed E-state index contributed by atoms with van der Waals surface area (Å²) < 4.78 is 5.54. The van der Waals surface area contributed by atoms with Crippen LogP contribution in [0.4, 0.5) is 0 Å². The molecule has 1 saturated carbocycles. The number of carbonyl (C=O) groups is 1. The molecule has 0 amide bonds. The van der Waals surface area contributed by atoms with Crippen molar-refractivity contribution in [3.8, 4) is 0 Å². The molecule has 0 N–H and O–H groups in total. The van der Waals surface area contributed by atoms with E-state index in [1.807, 2.05) is 12.1 Å². The Hall–Kier alpha value is -0.860.